The maximum atomic E-state index is 14.3. The lowest BCUT2D eigenvalue weighted by Crippen LogP contribution is -2.46. The van der Waals surface area contributed by atoms with E-state index in [-0.39, 0.29) is 17.2 Å². The lowest BCUT2D eigenvalue weighted by atomic mass is 9.93. The number of carbonyl (C=O) groups is 1. The van der Waals surface area contributed by atoms with Crippen LogP contribution in [0, 0.1) is 5.82 Å². The average Bonchev–Trinajstić information content (AvgIpc) is 2.99. The van der Waals surface area contributed by atoms with Gasteiger partial charge >= 0.3 is 0 Å². The zero-order chi connectivity index (χ0) is 16.4. The Hall–Kier alpha value is -2.21. The van der Waals surface area contributed by atoms with E-state index in [4.69, 9.17) is 4.74 Å². The van der Waals surface area contributed by atoms with E-state index in [9.17, 15) is 9.18 Å². The summed E-state index contributed by atoms with van der Waals surface area (Å²) in [7, 11) is 0. The number of hydrogen-bond acceptors (Lipinski definition) is 3. The van der Waals surface area contributed by atoms with Crippen molar-refractivity contribution in [2.45, 2.75) is 38.3 Å². The van der Waals surface area contributed by atoms with Crippen LogP contribution >= 0.6 is 0 Å². The van der Waals surface area contributed by atoms with Crippen molar-refractivity contribution >= 4 is 5.91 Å². The van der Waals surface area contributed by atoms with E-state index in [0.717, 1.165) is 6.42 Å². The summed E-state index contributed by atoms with van der Waals surface area (Å²) in [6.07, 6.45) is 4.70. The predicted molar refractivity (Wildman–Crippen MR) is 84.0 cm³/mol. The lowest BCUT2D eigenvalue weighted by Gasteiger charge is -2.35. The van der Waals surface area contributed by atoms with Gasteiger partial charge in [-0.3, -0.25) is 4.79 Å². The highest BCUT2D eigenvalue weighted by atomic mass is 19.1. The smallest absolute Gasteiger partial charge is 0.256 e. The largest absolute Gasteiger partial charge is 0.375 e. The summed E-state index contributed by atoms with van der Waals surface area (Å²) in [5.41, 5.74) is 0.162. The molecule has 1 aromatic carbocycles. The number of amides is 1. The number of carbonyl (C=O) groups excluding carboxylic acids is 1. The molecule has 1 aliphatic rings. The van der Waals surface area contributed by atoms with Crippen LogP contribution in [0.3, 0.4) is 0 Å². The first kappa shape index (κ1) is 15.7. The van der Waals surface area contributed by atoms with Gasteiger partial charge in [-0.15, -0.1) is 0 Å². The molecular formula is C17H20FN3O2. The van der Waals surface area contributed by atoms with E-state index in [1.165, 1.54) is 10.7 Å². The van der Waals surface area contributed by atoms with Gasteiger partial charge in [-0.1, -0.05) is 6.07 Å². The van der Waals surface area contributed by atoms with Crippen LogP contribution in [0.2, 0.25) is 0 Å². The van der Waals surface area contributed by atoms with Gasteiger partial charge in [0.1, 0.15) is 11.4 Å². The molecule has 0 radical (unpaired) electrons. The molecule has 3 rings (SSSR count). The third kappa shape index (κ3) is 3.42. The van der Waals surface area contributed by atoms with Gasteiger partial charge in [0, 0.05) is 25.0 Å². The lowest BCUT2D eigenvalue weighted by molar-refractivity contribution is -0.0615. The summed E-state index contributed by atoms with van der Waals surface area (Å²) in [6.45, 7) is 4.56. The predicted octanol–water partition coefficient (Wildman–Crippen LogP) is 2.70. The summed E-state index contributed by atoms with van der Waals surface area (Å²) >= 11 is 0. The van der Waals surface area contributed by atoms with Crippen molar-refractivity contribution in [3.05, 3.63) is 48.0 Å². The summed E-state index contributed by atoms with van der Waals surface area (Å²) in [4.78, 5) is 12.6. The van der Waals surface area contributed by atoms with Crippen molar-refractivity contribution in [2.75, 3.05) is 6.61 Å². The van der Waals surface area contributed by atoms with E-state index in [0.29, 0.717) is 18.7 Å². The van der Waals surface area contributed by atoms with Crippen LogP contribution in [0.4, 0.5) is 4.39 Å². The van der Waals surface area contributed by atoms with Crippen LogP contribution in [0.15, 0.2) is 36.7 Å². The quantitative estimate of drug-likeness (QED) is 0.947. The highest BCUT2D eigenvalue weighted by molar-refractivity contribution is 5.98. The number of nitrogens with zero attached hydrogens (tertiary/aromatic N) is 2. The van der Waals surface area contributed by atoms with Gasteiger partial charge < -0.3 is 10.1 Å². The maximum Gasteiger partial charge on any atom is 0.256 e. The molecule has 1 saturated heterocycles. The number of nitrogens with one attached hydrogen (secondary N) is 1. The fourth-order valence-electron chi connectivity index (χ4n) is 2.95. The van der Waals surface area contributed by atoms with E-state index < -0.39 is 11.7 Å². The molecular weight excluding hydrogens is 297 g/mol. The fraction of sp³-hybridized carbons (Fsp3) is 0.412. The molecule has 0 unspecified atom stereocenters. The van der Waals surface area contributed by atoms with E-state index in [1.54, 1.807) is 30.6 Å². The molecule has 1 aromatic heterocycles. The fourth-order valence-corrected chi connectivity index (χ4v) is 2.95. The second-order valence-corrected chi connectivity index (χ2v) is 6.36. The third-order valence-corrected chi connectivity index (χ3v) is 4.00. The summed E-state index contributed by atoms with van der Waals surface area (Å²) in [5, 5.41) is 7.02. The highest BCUT2D eigenvalue weighted by Crippen LogP contribution is 2.25. The first-order chi connectivity index (χ1) is 11.0. The van der Waals surface area contributed by atoms with Gasteiger partial charge in [-0.25, -0.2) is 9.07 Å². The topological polar surface area (TPSA) is 56.2 Å². The third-order valence-electron chi connectivity index (χ3n) is 4.00. The molecule has 0 saturated carbocycles. The zero-order valence-electron chi connectivity index (χ0n) is 13.3. The van der Waals surface area contributed by atoms with Crippen LogP contribution in [-0.2, 0) is 4.74 Å². The SMILES string of the molecule is CC1(C)C[C@H](NC(=O)c2c(F)cccc2-n2cccn2)CCO1. The second-order valence-electron chi connectivity index (χ2n) is 6.36. The Morgan fingerprint density at radius 1 is 1.43 bits per heavy atom. The molecule has 2 heterocycles. The minimum absolute atomic E-state index is 0.0143. The Labute approximate surface area is 134 Å². The van der Waals surface area contributed by atoms with Crippen molar-refractivity contribution < 1.29 is 13.9 Å². The van der Waals surface area contributed by atoms with Crippen molar-refractivity contribution in [2.24, 2.45) is 0 Å². The summed E-state index contributed by atoms with van der Waals surface area (Å²) in [6, 6.07) is 6.24. The molecule has 1 aliphatic heterocycles. The van der Waals surface area contributed by atoms with E-state index in [1.807, 2.05) is 13.8 Å². The molecule has 2 aromatic rings. The standard InChI is InChI=1S/C17H20FN3O2/c1-17(2)11-12(7-10-23-17)20-16(22)15-13(18)5-3-6-14(15)21-9-4-8-19-21/h3-6,8-9,12H,7,10-11H2,1-2H3,(H,20,22)/t12-/m1/s1. The Bertz CT molecular complexity index is 698. The Morgan fingerprint density at radius 3 is 2.96 bits per heavy atom. The van der Waals surface area contributed by atoms with Gasteiger partial charge in [-0.05, 0) is 44.9 Å². The highest BCUT2D eigenvalue weighted by Gasteiger charge is 2.30. The number of ether oxygens (including phenoxy) is 1. The molecule has 0 spiro atoms. The minimum Gasteiger partial charge on any atom is -0.375 e. The number of benzene rings is 1. The molecule has 23 heavy (non-hydrogen) atoms. The van der Waals surface area contributed by atoms with Gasteiger partial charge in [0.05, 0.1) is 11.3 Å². The molecule has 122 valence electrons. The monoisotopic (exact) mass is 317 g/mol. The number of rotatable bonds is 3. The number of hydrogen-bond donors (Lipinski definition) is 1. The van der Waals surface area contributed by atoms with Crippen molar-refractivity contribution in [1.82, 2.24) is 15.1 Å². The van der Waals surface area contributed by atoms with Crippen LogP contribution in [0.1, 0.15) is 37.0 Å². The van der Waals surface area contributed by atoms with Crippen LogP contribution in [0.5, 0.6) is 0 Å². The molecule has 1 atom stereocenters. The Balaban J connectivity index is 1.85. The molecule has 0 bridgehead atoms. The van der Waals surface area contributed by atoms with E-state index in [2.05, 4.69) is 10.4 Å². The average molecular weight is 317 g/mol. The first-order valence-corrected chi connectivity index (χ1v) is 7.70. The second kappa shape index (κ2) is 6.12. The molecule has 6 heteroatoms. The van der Waals surface area contributed by atoms with Gasteiger partial charge in [0.15, 0.2) is 0 Å². The van der Waals surface area contributed by atoms with Crippen molar-refractivity contribution in [3.8, 4) is 5.69 Å². The molecule has 1 amide bonds. The number of aromatic nitrogens is 2. The normalized spacial score (nSPS) is 20.2. The van der Waals surface area contributed by atoms with E-state index >= 15 is 0 Å². The molecule has 5 nitrogen and oxygen atoms in total. The van der Waals surface area contributed by atoms with Gasteiger partial charge in [-0.2, -0.15) is 5.10 Å². The summed E-state index contributed by atoms with van der Waals surface area (Å²) in [5.74, 6) is -0.974. The molecule has 0 aliphatic carbocycles. The van der Waals surface area contributed by atoms with Gasteiger partial charge in [0.25, 0.3) is 5.91 Å². The maximum absolute atomic E-state index is 14.3. The Kier molecular flexibility index (Phi) is 4.17. The number of halogens is 1. The zero-order valence-corrected chi connectivity index (χ0v) is 13.3. The first-order valence-electron chi connectivity index (χ1n) is 7.70. The summed E-state index contributed by atoms with van der Waals surface area (Å²) < 4.78 is 21.4. The van der Waals surface area contributed by atoms with Gasteiger partial charge in [0.2, 0.25) is 0 Å². The Morgan fingerprint density at radius 2 is 2.26 bits per heavy atom. The van der Waals surface area contributed by atoms with Crippen molar-refractivity contribution in [3.63, 3.8) is 0 Å². The van der Waals surface area contributed by atoms with Crippen molar-refractivity contribution in [1.29, 1.82) is 0 Å². The molecule has 1 fully saturated rings. The van der Waals surface area contributed by atoms with Crippen LogP contribution in [-0.4, -0.2) is 33.9 Å². The van der Waals surface area contributed by atoms with Crippen LogP contribution in [0.25, 0.3) is 5.69 Å². The van der Waals surface area contributed by atoms with Crippen LogP contribution < -0.4 is 5.32 Å². The minimum atomic E-state index is -0.554. The molecule has 1 N–H and O–H groups in total.